The Balaban J connectivity index is 1.65. The highest BCUT2D eigenvalue weighted by Gasteiger charge is 2.29. The Kier molecular flexibility index (Phi) is 4.69. The molecule has 2 aliphatic rings. The van der Waals surface area contributed by atoms with E-state index in [9.17, 15) is 4.79 Å². The van der Waals surface area contributed by atoms with Crippen molar-refractivity contribution < 1.29 is 9.53 Å². The van der Waals surface area contributed by atoms with Crippen molar-refractivity contribution >= 4 is 6.29 Å². The van der Waals surface area contributed by atoms with Gasteiger partial charge in [0.1, 0.15) is 0 Å². The molecule has 1 aromatic rings. The molecule has 1 N–H and O–H groups in total. The number of rotatable bonds is 5. The van der Waals surface area contributed by atoms with Crippen LogP contribution in [-0.4, -0.2) is 49.0 Å². The molecule has 4 nitrogen and oxygen atoms in total. The van der Waals surface area contributed by atoms with E-state index in [1.807, 2.05) is 0 Å². The van der Waals surface area contributed by atoms with Crippen LogP contribution in [0.15, 0.2) is 0 Å². The van der Waals surface area contributed by atoms with Crippen LogP contribution < -0.4 is 0 Å². The summed E-state index contributed by atoms with van der Waals surface area (Å²) in [7, 11) is 0. The number of morpholine rings is 1. The quantitative estimate of drug-likeness (QED) is 0.851. The van der Waals surface area contributed by atoms with Gasteiger partial charge in [0.05, 0.1) is 18.9 Å². The highest BCUT2D eigenvalue weighted by Crippen LogP contribution is 2.37. The van der Waals surface area contributed by atoms with Crippen LogP contribution in [0.5, 0.6) is 0 Å². The molecule has 22 heavy (non-hydrogen) atoms. The molecule has 0 radical (unpaired) electrons. The number of fused-ring (bicyclic) bond motifs is 1. The minimum Gasteiger partial charge on any atom is -0.379 e. The van der Waals surface area contributed by atoms with Crippen molar-refractivity contribution in [3.8, 4) is 0 Å². The maximum atomic E-state index is 11.4. The number of nitrogens with one attached hydrogen (secondary N) is 1. The summed E-state index contributed by atoms with van der Waals surface area (Å²) in [6.45, 7) is 9.53. The lowest BCUT2D eigenvalue weighted by molar-refractivity contribution is 0.0374. The third-order valence-electron chi connectivity index (χ3n) is 5.17. The maximum absolute atomic E-state index is 11.4. The summed E-state index contributed by atoms with van der Waals surface area (Å²) in [6, 6.07) is 0. The standard InChI is InChI=1S/C18H28N2O2/c1-18(2)6-5-15-14(17(13-21)19-16(15)12-18)4-3-7-20-8-10-22-11-9-20/h13,19H,3-12H2,1-2H3. The number of ether oxygens (including phenoxy) is 1. The number of carbonyl (C=O) groups is 1. The zero-order valence-electron chi connectivity index (χ0n) is 13.9. The summed E-state index contributed by atoms with van der Waals surface area (Å²) in [5, 5.41) is 0. The lowest BCUT2D eigenvalue weighted by Gasteiger charge is -2.30. The average Bonchev–Trinajstić information content (AvgIpc) is 2.84. The number of aromatic amines is 1. The van der Waals surface area contributed by atoms with Crippen LogP contribution in [0.3, 0.4) is 0 Å². The number of H-pyrrole nitrogens is 1. The highest BCUT2D eigenvalue weighted by atomic mass is 16.5. The van der Waals surface area contributed by atoms with E-state index >= 15 is 0 Å². The van der Waals surface area contributed by atoms with E-state index < -0.39 is 0 Å². The minimum absolute atomic E-state index is 0.350. The first-order chi connectivity index (χ1) is 10.6. The zero-order chi connectivity index (χ0) is 15.6. The summed E-state index contributed by atoms with van der Waals surface area (Å²) in [6.07, 6.45) is 6.53. The van der Waals surface area contributed by atoms with E-state index in [1.165, 1.54) is 23.2 Å². The molecule has 0 spiro atoms. The third-order valence-corrected chi connectivity index (χ3v) is 5.17. The third kappa shape index (κ3) is 3.44. The Hall–Kier alpha value is -1.13. The van der Waals surface area contributed by atoms with Crippen LogP contribution in [0.2, 0.25) is 0 Å². The lowest BCUT2D eigenvalue weighted by Crippen LogP contribution is -2.37. The van der Waals surface area contributed by atoms with Crippen molar-refractivity contribution in [2.24, 2.45) is 5.41 Å². The average molecular weight is 304 g/mol. The topological polar surface area (TPSA) is 45.3 Å². The molecule has 0 atom stereocenters. The molecule has 4 heteroatoms. The Morgan fingerprint density at radius 3 is 2.82 bits per heavy atom. The van der Waals surface area contributed by atoms with Gasteiger partial charge in [-0.05, 0) is 55.2 Å². The number of hydrogen-bond acceptors (Lipinski definition) is 3. The van der Waals surface area contributed by atoms with Crippen molar-refractivity contribution in [1.82, 2.24) is 9.88 Å². The molecule has 1 saturated heterocycles. The summed E-state index contributed by atoms with van der Waals surface area (Å²) in [4.78, 5) is 17.3. The Morgan fingerprint density at radius 2 is 2.09 bits per heavy atom. The molecule has 1 aliphatic carbocycles. The summed E-state index contributed by atoms with van der Waals surface area (Å²) >= 11 is 0. The maximum Gasteiger partial charge on any atom is 0.166 e. The van der Waals surface area contributed by atoms with Crippen molar-refractivity contribution in [1.29, 1.82) is 0 Å². The molecule has 0 saturated carbocycles. The van der Waals surface area contributed by atoms with Gasteiger partial charge in [0.2, 0.25) is 0 Å². The summed E-state index contributed by atoms with van der Waals surface area (Å²) in [5.41, 5.74) is 5.20. The number of carbonyl (C=O) groups excluding carboxylic acids is 1. The zero-order valence-corrected chi connectivity index (χ0v) is 13.9. The fourth-order valence-electron chi connectivity index (χ4n) is 3.83. The number of hydrogen-bond donors (Lipinski definition) is 1. The van der Waals surface area contributed by atoms with Gasteiger partial charge in [0.15, 0.2) is 6.29 Å². The van der Waals surface area contributed by atoms with E-state index in [2.05, 4.69) is 23.7 Å². The van der Waals surface area contributed by atoms with Crippen LogP contribution in [-0.2, 0) is 24.0 Å². The van der Waals surface area contributed by atoms with Gasteiger partial charge in [-0.3, -0.25) is 9.69 Å². The van der Waals surface area contributed by atoms with Gasteiger partial charge < -0.3 is 9.72 Å². The van der Waals surface area contributed by atoms with Crippen molar-refractivity contribution in [3.05, 3.63) is 22.5 Å². The predicted octanol–water partition coefficient (Wildman–Crippen LogP) is 2.61. The van der Waals surface area contributed by atoms with Gasteiger partial charge >= 0.3 is 0 Å². The number of nitrogens with zero attached hydrogens (tertiary/aromatic N) is 1. The van der Waals surface area contributed by atoms with E-state index in [0.717, 1.165) is 70.5 Å². The monoisotopic (exact) mass is 304 g/mol. The van der Waals surface area contributed by atoms with Crippen molar-refractivity contribution in [2.75, 3.05) is 32.8 Å². The van der Waals surface area contributed by atoms with E-state index in [1.54, 1.807) is 0 Å². The first-order valence-electron chi connectivity index (χ1n) is 8.57. The second kappa shape index (κ2) is 6.55. The molecule has 2 heterocycles. The Labute approximate surface area is 133 Å². The second-order valence-electron chi connectivity index (χ2n) is 7.49. The molecule has 1 aliphatic heterocycles. The molecule has 0 amide bonds. The van der Waals surface area contributed by atoms with Crippen LogP contribution in [0.25, 0.3) is 0 Å². The first kappa shape index (κ1) is 15.8. The van der Waals surface area contributed by atoms with Gasteiger partial charge in [0, 0.05) is 18.8 Å². The van der Waals surface area contributed by atoms with Crippen molar-refractivity contribution in [3.63, 3.8) is 0 Å². The Bertz CT molecular complexity index is 527. The van der Waals surface area contributed by atoms with Gasteiger partial charge in [-0.1, -0.05) is 13.8 Å². The minimum atomic E-state index is 0.350. The van der Waals surface area contributed by atoms with Gasteiger partial charge in [-0.25, -0.2) is 0 Å². The predicted molar refractivity (Wildman–Crippen MR) is 87.6 cm³/mol. The smallest absolute Gasteiger partial charge is 0.166 e. The molecular weight excluding hydrogens is 276 g/mol. The first-order valence-corrected chi connectivity index (χ1v) is 8.57. The van der Waals surface area contributed by atoms with E-state index in [-0.39, 0.29) is 0 Å². The van der Waals surface area contributed by atoms with Crippen LogP contribution in [0.4, 0.5) is 0 Å². The normalized spacial score (nSPS) is 21.5. The fourth-order valence-corrected chi connectivity index (χ4v) is 3.83. The van der Waals surface area contributed by atoms with Crippen molar-refractivity contribution in [2.45, 2.75) is 46.0 Å². The molecule has 0 unspecified atom stereocenters. The summed E-state index contributed by atoms with van der Waals surface area (Å²) < 4.78 is 5.39. The van der Waals surface area contributed by atoms with Crippen LogP contribution >= 0.6 is 0 Å². The largest absolute Gasteiger partial charge is 0.379 e. The molecule has 0 bridgehead atoms. The van der Waals surface area contributed by atoms with Gasteiger partial charge in [-0.15, -0.1) is 0 Å². The molecule has 1 fully saturated rings. The number of aldehydes is 1. The van der Waals surface area contributed by atoms with E-state index in [0.29, 0.717) is 5.41 Å². The SMILES string of the molecule is CC1(C)CCc2c([nH]c(C=O)c2CCCN2CCOCC2)C1. The van der Waals surface area contributed by atoms with Crippen LogP contribution in [0.1, 0.15) is 54.0 Å². The molecule has 0 aromatic carbocycles. The molecule has 3 rings (SSSR count). The highest BCUT2D eigenvalue weighted by molar-refractivity contribution is 5.76. The summed E-state index contributed by atoms with van der Waals surface area (Å²) in [5.74, 6) is 0. The van der Waals surface area contributed by atoms with Gasteiger partial charge in [0.25, 0.3) is 0 Å². The molecule has 122 valence electrons. The van der Waals surface area contributed by atoms with Crippen LogP contribution in [0, 0.1) is 5.41 Å². The second-order valence-corrected chi connectivity index (χ2v) is 7.49. The molecule has 1 aromatic heterocycles. The van der Waals surface area contributed by atoms with Gasteiger partial charge in [-0.2, -0.15) is 0 Å². The van der Waals surface area contributed by atoms with E-state index in [4.69, 9.17) is 4.74 Å². The fraction of sp³-hybridized carbons (Fsp3) is 0.722. The lowest BCUT2D eigenvalue weighted by atomic mass is 9.76. The Morgan fingerprint density at radius 1 is 1.32 bits per heavy atom. The molecular formula is C18H28N2O2. The number of aromatic nitrogens is 1.